The minimum atomic E-state index is -0.396. The molecule has 158 valence electrons. The number of amides is 1. The fourth-order valence-corrected chi connectivity index (χ4v) is 3.64. The fourth-order valence-electron chi connectivity index (χ4n) is 3.43. The third-order valence-electron chi connectivity index (χ3n) is 4.81. The average molecular weight is 439 g/mol. The van der Waals surface area contributed by atoms with E-state index in [4.69, 9.17) is 16.0 Å². The third kappa shape index (κ3) is 4.41. The van der Waals surface area contributed by atoms with Crippen molar-refractivity contribution < 1.29 is 13.6 Å². The van der Waals surface area contributed by atoms with Crippen LogP contribution in [0.3, 0.4) is 0 Å². The summed E-state index contributed by atoms with van der Waals surface area (Å²) in [5, 5.41) is 9.27. The van der Waals surface area contributed by atoms with Crippen LogP contribution in [0.4, 0.5) is 4.39 Å². The van der Waals surface area contributed by atoms with Gasteiger partial charge >= 0.3 is 0 Å². The van der Waals surface area contributed by atoms with Gasteiger partial charge in [0.25, 0.3) is 5.91 Å². The van der Waals surface area contributed by atoms with Gasteiger partial charge in [0, 0.05) is 23.7 Å². The predicted molar refractivity (Wildman–Crippen MR) is 116 cm³/mol. The van der Waals surface area contributed by atoms with E-state index in [0.717, 1.165) is 6.42 Å². The molecule has 8 heteroatoms. The van der Waals surface area contributed by atoms with Gasteiger partial charge < -0.3 is 9.32 Å². The van der Waals surface area contributed by atoms with Gasteiger partial charge in [0.1, 0.15) is 5.82 Å². The van der Waals surface area contributed by atoms with E-state index in [1.54, 1.807) is 36.1 Å². The Bertz CT molecular complexity index is 1250. The number of fused-ring (bicyclic) bond motifs is 1. The standard InChI is InChI=1S/C23H20ClFN4O2/c1-3-10-29(13-21-27-28-22(31-21)17-6-4-5-7-19(17)24)23(30)18-11-14(2)26-20-12-15(25)8-9-16(18)20/h4-9,11-12H,3,10,13H2,1-2H3. The number of hydrogen-bond acceptors (Lipinski definition) is 5. The number of aromatic nitrogens is 3. The van der Waals surface area contributed by atoms with Gasteiger partial charge in [-0.05, 0) is 43.7 Å². The zero-order chi connectivity index (χ0) is 22.0. The van der Waals surface area contributed by atoms with Crippen LogP contribution in [-0.4, -0.2) is 32.5 Å². The van der Waals surface area contributed by atoms with Gasteiger partial charge in [-0.15, -0.1) is 10.2 Å². The van der Waals surface area contributed by atoms with Crippen LogP contribution in [0.5, 0.6) is 0 Å². The summed E-state index contributed by atoms with van der Waals surface area (Å²) >= 11 is 6.21. The maximum Gasteiger partial charge on any atom is 0.255 e. The molecule has 2 aromatic carbocycles. The number of aryl methyl sites for hydroxylation is 1. The van der Waals surface area contributed by atoms with Crippen molar-refractivity contribution in [2.45, 2.75) is 26.8 Å². The van der Waals surface area contributed by atoms with Crippen molar-refractivity contribution >= 4 is 28.4 Å². The maximum absolute atomic E-state index is 13.7. The van der Waals surface area contributed by atoms with E-state index < -0.39 is 5.82 Å². The lowest BCUT2D eigenvalue weighted by Gasteiger charge is -2.21. The van der Waals surface area contributed by atoms with Gasteiger partial charge in [0.15, 0.2) is 0 Å². The zero-order valence-corrected chi connectivity index (χ0v) is 17.9. The normalized spacial score (nSPS) is 11.1. The molecule has 0 saturated carbocycles. The van der Waals surface area contributed by atoms with Crippen molar-refractivity contribution in [1.82, 2.24) is 20.1 Å². The first kappa shape index (κ1) is 20.9. The van der Waals surface area contributed by atoms with Crippen molar-refractivity contribution in [3.63, 3.8) is 0 Å². The van der Waals surface area contributed by atoms with Crippen LogP contribution < -0.4 is 0 Å². The van der Waals surface area contributed by atoms with Crippen LogP contribution in [0, 0.1) is 12.7 Å². The van der Waals surface area contributed by atoms with E-state index >= 15 is 0 Å². The van der Waals surface area contributed by atoms with E-state index in [2.05, 4.69) is 15.2 Å². The Hall–Kier alpha value is -3.32. The van der Waals surface area contributed by atoms with Crippen LogP contribution in [0.15, 0.2) is 52.9 Å². The molecule has 0 saturated heterocycles. The number of rotatable bonds is 6. The Morgan fingerprint density at radius 2 is 1.97 bits per heavy atom. The van der Waals surface area contributed by atoms with Gasteiger partial charge in [-0.25, -0.2) is 4.39 Å². The van der Waals surface area contributed by atoms with Gasteiger partial charge in [0.05, 0.1) is 28.2 Å². The molecule has 0 bridgehead atoms. The molecule has 0 N–H and O–H groups in total. The molecule has 4 rings (SSSR count). The van der Waals surface area contributed by atoms with Crippen molar-refractivity contribution in [2.24, 2.45) is 0 Å². The first-order valence-electron chi connectivity index (χ1n) is 9.89. The van der Waals surface area contributed by atoms with E-state index in [1.165, 1.54) is 12.1 Å². The second kappa shape index (κ2) is 8.81. The first-order chi connectivity index (χ1) is 15.0. The van der Waals surface area contributed by atoms with Gasteiger partial charge in [-0.2, -0.15) is 0 Å². The van der Waals surface area contributed by atoms with Crippen molar-refractivity contribution in [2.75, 3.05) is 6.54 Å². The molecule has 0 radical (unpaired) electrons. The van der Waals surface area contributed by atoms with Crippen molar-refractivity contribution in [3.8, 4) is 11.5 Å². The minimum Gasteiger partial charge on any atom is -0.419 e. The molecule has 2 aromatic heterocycles. The summed E-state index contributed by atoms with van der Waals surface area (Å²) < 4.78 is 19.4. The maximum atomic E-state index is 13.7. The molecule has 0 aliphatic carbocycles. The quantitative estimate of drug-likeness (QED) is 0.401. The Morgan fingerprint density at radius 1 is 1.16 bits per heavy atom. The number of pyridine rings is 1. The number of benzene rings is 2. The monoisotopic (exact) mass is 438 g/mol. The number of carbonyl (C=O) groups is 1. The molecule has 0 spiro atoms. The second-order valence-corrected chi connectivity index (χ2v) is 7.59. The van der Waals surface area contributed by atoms with Crippen molar-refractivity contribution in [3.05, 3.63) is 76.5 Å². The van der Waals surface area contributed by atoms with Crippen LogP contribution >= 0.6 is 11.6 Å². The van der Waals surface area contributed by atoms with E-state index in [1.807, 2.05) is 19.1 Å². The number of hydrogen-bond donors (Lipinski definition) is 0. The molecule has 0 aliphatic rings. The highest BCUT2D eigenvalue weighted by atomic mass is 35.5. The van der Waals surface area contributed by atoms with Crippen LogP contribution in [0.1, 0.15) is 35.3 Å². The lowest BCUT2D eigenvalue weighted by molar-refractivity contribution is 0.0730. The molecule has 4 aromatic rings. The van der Waals surface area contributed by atoms with Crippen LogP contribution in [0.2, 0.25) is 5.02 Å². The minimum absolute atomic E-state index is 0.147. The van der Waals surface area contributed by atoms with Crippen molar-refractivity contribution in [1.29, 1.82) is 0 Å². The highest BCUT2D eigenvalue weighted by molar-refractivity contribution is 6.33. The predicted octanol–water partition coefficient (Wildman–Crippen LogP) is 5.44. The van der Waals surface area contributed by atoms with E-state index in [9.17, 15) is 9.18 Å². The van der Waals surface area contributed by atoms with Gasteiger partial charge in [-0.1, -0.05) is 30.7 Å². The third-order valence-corrected chi connectivity index (χ3v) is 5.14. The molecule has 0 aliphatic heterocycles. The number of nitrogens with zero attached hydrogens (tertiary/aromatic N) is 4. The molecule has 0 atom stereocenters. The molecule has 0 fully saturated rings. The molecular formula is C23H20ClFN4O2. The molecule has 2 heterocycles. The summed E-state index contributed by atoms with van der Waals surface area (Å²) in [6, 6.07) is 13.1. The Balaban J connectivity index is 1.65. The number of halogens is 2. The van der Waals surface area contributed by atoms with Gasteiger partial charge in [-0.3, -0.25) is 9.78 Å². The average Bonchev–Trinajstić information content (AvgIpc) is 3.20. The molecular weight excluding hydrogens is 419 g/mol. The Labute approximate surface area is 183 Å². The summed E-state index contributed by atoms with van der Waals surface area (Å²) in [5.41, 5.74) is 2.17. The molecule has 0 unspecified atom stereocenters. The van der Waals surface area contributed by atoms with Crippen LogP contribution in [0.25, 0.3) is 22.4 Å². The van der Waals surface area contributed by atoms with Crippen LogP contribution in [-0.2, 0) is 6.54 Å². The largest absolute Gasteiger partial charge is 0.419 e. The molecule has 31 heavy (non-hydrogen) atoms. The smallest absolute Gasteiger partial charge is 0.255 e. The first-order valence-corrected chi connectivity index (χ1v) is 10.3. The lowest BCUT2D eigenvalue weighted by atomic mass is 10.1. The van der Waals surface area contributed by atoms with E-state index in [0.29, 0.717) is 51.1 Å². The number of carbonyl (C=O) groups excluding carboxylic acids is 1. The summed E-state index contributed by atoms with van der Waals surface area (Å²) in [5.74, 6) is -0.00291. The zero-order valence-electron chi connectivity index (χ0n) is 17.1. The summed E-state index contributed by atoms with van der Waals surface area (Å²) in [6.45, 7) is 4.40. The summed E-state index contributed by atoms with van der Waals surface area (Å²) in [6.07, 6.45) is 0.744. The highest BCUT2D eigenvalue weighted by Gasteiger charge is 2.22. The molecule has 1 amide bonds. The van der Waals surface area contributed by atoms with Gasteiger partial charge in [0.2, 0.25) is 11.8 Å². The summed E-state index contributed by atoms with van der Waals surface area (Å²) in [7, 11) is 0. The topological polar surface area (TPSA) is 72.1 Å². The van der Waals surface area contributed by atoms with E-state index in [-0.39, 0.29) is 12.5 Å². The fraction of sp³-hybridized carbons (Fsp3) is 0.217. The SMILES string of the molecule is CCCN(Cc1nnc(-c2ccccc2Cl)o1)C(=O)c1cc(C)nc2cc(F)ccc12. The Morgan fingerprint density at radius 3 is 2.74 bits per heavy atom. The second-order valence-electron chi connectivity index (χ2n) is 7.18. The lowest BCUT2D eigenvalue weighted by Crippen LogP contribution is -2.31. The Kier molecular flexibility index (Phi) is 5.95. The highest BCUT2D eigenvalue weighted by Crippen LogP contribution is 2.27. The summed E-state index contributed by atoms with van der Waals surface area (Å²) in [4.78, 5) is 19.4. The molecule has 6 nitrogen and oxygen atoms in total.